The quantitative estimate of drug-likeness (QED) is 0.906. The van der Waals surface area contributed by atoms with E-state index in [1.807, 2.05) is 54.5 Å². The highest BCUT2D eigenvalue weighted by Gasteiger charge is 2.20. The molecule has 1 aliphatic rings. The van der Waals surface area contributed by atoms with E-state index in [2.05, 4.69) is 20.6 Å². The summed E-state index contributed by atoms with van der Waals surface area (Å²) < 4.78 is 0. The van der Waals surface area contributed by atoms with Gasteiger partial charge in [0.2, 0.25) is 0 Å². The zero-order valence-corrected chi connectivity index (χ0v) is 13.7. The molecule has 0 atom stereocenters. The zero-order valence-electron chi connectivity index (χ0n) is 12.9. The Labute approximate surface area is 139 Å². The minimum absolute atomic E-state index is 0.322. The Morgan fingerprint density at radius 2 is 2.13 bits per heavy atom. The molecule has 6 nitrogen and oxygen atoms in total. The van der Waals surface area contributed by atoms with Crippen molar-refractivity contribution in [2.75, 3.05) is 16.1 Å². The summed E-state index contributed by atoms with van der Waals surface area (Å²) in [5, 5.41) is 7.52. The summed E-state index contributed by atoms with van der Waals surface area (Å²) in [5.41, 5.74) is 1.92. The third kappa shape index (κ3) is 3.81. The van der Waals surface area contributed by atoms with Gasteiger partial charge in [0.1, 0.15) is 17.5 Å². The predicted molar refractivity (Wildman–Crippen MR) is 93.1 cm³/mol. The Morgan fingerprint density at radius 3 is 2.87 bits per heavy atom. The van der Waals surface area contributed by atoms with E-state index in [4.69, 9.17) is 0 Å². The highest BCUT2D eigenvalue weighted by Crippen LogP contribution is 2.26. The van der Waals surface area contributed by atoms with Gasteiger partial charge in [0.25, 0.3) is 0 Å². The highest BCUT2D eigenvalue weighted by molar-refractivity contribution is 8.02. The summed E-state index contributed by atoms with van der Waals surface area (Å²) in [6.45, 7) is 3.87. The number of thioether (sulfide) groups is 1. The summed E-state index contributed by atoms with van der Waals surface area (Å²) in [5.74, 6) is 2.76. The molecule has 23 heavy (non-hydrogen) atoms. The van der Waals surface area contributed by atoms with E-state index >= 15 is 0 Å². The molecule has 0 aromatic carbocycles. The lowest BCUT2D eigenvalue weighted by atomic mass is 10.2. The topological polar surface area (TPSA) is 70.2 Å². The van der Waals surface area contributed by atoms with Crippen molar-refractivity contribution < 1.29 is 4.79 Å². The van der Waals surface area contributed by atoms with Gasteiger partial charge in [0.05, 0.1) is 5.88 Å². The summed E-state index contributed by atoms with van der Waals surface area (Å²) in [6.07, 6.45) is 1.73. The number of nitrogens with one attached hydrogen (secondary N) is 2. The third-order valence-electron chi connectivity index (χ3n) is 3.20. The lowest BCUT2D eigenvalue weighted by Crippen LogP contribution is -2.36. The van der Waals surface area contributed by atoms with Crippen LogP contribution in [-0.4, -0.2) is 21.9 Å². The molecular weight excluding hydrogens is 310 g/mol. The summed E-state index contributed by atoms with van der Waals surface area (Å²) >= 11 is 1.60. The van der Waals surface area contributed by atoms with E-state index in [1.54, 1.807) is 18.0 Å². The van der Waals surface area contributed by atoms with Crippen molar-refractivity contribution in [1.82, 2.24) is 15.3 Å². The fourth-order valence-corrected chi connectivity index (χ4v) is 3.13. The first-order valence-corrected chi connectivity index (χ1v) is 8.20. The molecule has 2 amide bonds. The molecule has 0 aliphatic carbocycles. The molecule has 1 aliphatic heterocycles. The van der Waals surface area contributed by atoms with Crippen LogP contribution < -0.4 is 15.5 Å². The van der Waals surface area contributed by atoms with Crippen molar-refractivity contribution >= 4 is 29.4 Å². The van der Waals surface area contributed by atoms with Crippen LogP contribution >= 0.6 is 11.8 Å². The standard InChI is InChI=1S/C16H17N5OS/c1-11-7-12(2)18-13(8-11)19-16(22)20-15-9-23-10-21(15)14-5-3-4-6-17-14/h3-9H,10H2,1-2H3,(H2,18,19,20,22). The van der Waals surface area contributed by atoms with E-state index in [0.29, 0.717) is 17.5 Å². The van der Waals surface area contributed by atoms with Crippen molar-refractivity contribution in [3.8, 4) is 0 Å². The monoisotopic (exact) mass is 327 g/mol. The van der Waals surface area contributed by atoms with Gasteiger partial charge in [-0.2, -0.15) is 0 Å². The maximum Gasteiger partial charge on any atom is 0.325 e. The number of hydrogen-bond donors (Lipinski definition) is 2. The van der Waals surface area contributed by atoms with Gasteiger partial charge >= 0.3 is 6.03 Å². The van der Waals surface area contributed by atoms with Crippen molar-refractivity contribution in [2.45, 2.75) is 13.8 Å². The number of aromatic nitrogens is 2. The van der Waals surface area contributed by atoms with E-state index in [9.17, 15) is 4.79 Å². The maximum absolute atomic E-state index is 12.2. The second-order valence-electron chi connectivity index (χ2n) is 5.17. The van der Waals surface area contributed by atoms with Crippen molar-refractivity contribution in [3.05, 3.63) is 59.0 Å². The molecule has 2 aromatic heterocycles. The largest absolute Gasteiger partial charge is 0.325 e. The fraction of sp³-hybridized carbons (Fsp3) is 0.188. The van der Waals surface area contributed by atoms with Gasteiger partial charge in [-0.1, -0.05) is 6.07 Å². The number of pyridine rings is 2. The molecule has 0 radical (unpaired) electrons. The summed E-state index contributed by atoms with van der Waals surface area (Å²) in [7, 11) is 0. The average Bonchev–Trinajstić information content (AvgIpc) is 2.95. The summed E-state index contributed by atoms with van der Waals surface area (Å²) in [6, 6.07) is 9.16. The Kier molecular flexibility index (Phi) is 4.47. The number of carbonyl (C=O) groups excluding carboxylic acids is 1. The molecule has 2 N–H and O–H groups in total. The van der Waals surface area contributed by atoms with Gasteiger partial charge in [0.15, 0.2) is 0 Å². The second kappa shape index (κ2) is 6.70. The third-order valence-corrected chi connectivity index (χ3v) is 3.99. The Bertz CT molecular complexity index is 727. The lowest BCUT2D eigenvalue weighted by molar-refractivity contribution is 0.254. The number of urea groups is 1. The van der Waals surface area contributed by atoms with Gasteiger partial charge in [0, 0.05) is 17.3 Å². The molecule has 2 aromatic rings. The normalized spacial score (nSPS) is 13.7. The van der Waals surface area contributed by atoms with Crippen LogP contribution in [-0.2, 0) is 0 Å². The Morgan fingerprint density at radius 1 is 1.26 bits per heavy atom. The fourth-order valence-electron chi connectivity index (χ4n) is 2.29. The van der Waals surface area contributed by atoms with Crippen LogP contribution in [0, 0.1) is 13.8 Å². The number of aryl methyl sites for hydroxylation is 2. The molecule has 0 saturated heterocycles. The van der Waals surface area contributed by atoms with Crippen molar-refractivity contribution in [1.29, 1.82) is 0 Å². The smallest absolute Gasteiger partial charge is 0.302 e. The van der Waals surface area contributed by atoms with Crippen LogP contribution in [0.5, 0.6) is 0 Å². The van der Waals surface area contributed by atoms with Gasteiger partial charge in [-0.05, 0) is 43.7 Å². The molecule has 3 heterocycles. The molecule has 118 valence electrons. The van der Waals surface area contributed by atoms with Crippen LogP contribution in [0.4, 0.5) is 16.4 Å². The second-order valence-corrected chi connectivity index (χ2v) is 5.99. The number of amides is 2. The molecule has 0 unspecified atom stereocenters. The minimum Gasteiger partial charge on any atom is -0.302 e. The maximum atomic E-state index is 12.2. The first-order valence-electron chi connectivity index (χ1n) is 7.15. The molecule has 0 saturated carbocycles. The van der Waals surface area contributed by atoms with Gasteiger partial charge < -0.3 is 4.90 Å². The molecular formula is C16H17N5OS. The Balaban J connectivity index is 1.67. The number of hydrogen-bond acceptors (Lipinski definition) is 5. The number of carbonyl (C=O) groups is 1. The number of nitrogens with zero attached hydrogens (tertiary/aromatic N) is 3. The summed E-state index contributed by atoms with van der Waals surface area (Å²) in [4.78, 5) is 22.8. The zero-order chi connectivity index (χ0) is 16.2. The minimum atomic E-state index is -0.322. The van der Waals surface area contributed by atoms with E-state index in [1.165, 1.54) is 0 Å². The molecule has 0 fully saturated rings. The van der Waals surface area contributed by atoms with Crippen LogP contribution in [0.2, 0.25) is 0 Å². The van der Waals surface area contributed by atoms with Crippen LogP contribution in [0.15, 0.2) is 47.8 Å². The molecule has 3 rings (SSSR count). The number of anilines is 2. The van der Waals surface area contributed by atoms with Crippen LogP contribution in [0.25, 0.3) is 0 Å². The molecule has 7 heteroatoms. The van der Waals surface area contributed by atoms with Crippen LogP contribution in [0.1, 0.15) is 11.3 Å². The highest BCUT2D eigenvalue weighted by atomic mass is 32.2. The van der Waals surface area contributed by atoms with Crippen LogP contribution in [0.3, 0.4) is 0 Å². The van der Waals surface area contributed by atoms with E-state index in [0.717, 1.165) is 17.1 Å². The molecule has 0 spiro atoms. The molecule has 0 bridgehead atoms. The van der Waals surface area contributed by atoms with Gasteiger partial charge in [-0.25, -0.2) is 14.8 Å². The predicted octanol–water partition coefficient (Wildman–Crippen LogP) is 3.22. The lowest BCUT2D eigenvalue weighted by Gasteiger charge is -2.20. The van der Waals surface area contributed by atoms with E-state index in [-0.39, 0.29) is 6.03 Å². The first-order chi connectivity index (χ1) is 11.1. The SMILES string of the molecule is Cc1cc(C)nc(NC(=O)NC2=CSCN2c2ccccn2)c1. The number of rotatable bonds is 3. The first kappa shape index (κ1) is 15.4. The van der Waals surface area contributed by atoms with E-state index < -0.39 is 0 Å². The average molecular weight is 327 g/mol. The van der Waals surface area contributed by atoms with Gasteiger partial charge in [-0.3, -0.25) is 10.6 Å². The van der Waals surface area contributed by atoms with Crippen molar-refractivity contribution in [3.63, 3.8) is 0 Å². The van der Waals surface area contributed by atoms with Crippen molar-refractivity contribution in [2.24, 2.45) is 0 Å². The van der Waals surface area contributed by atoms with Gasteiger partial charge in [-0.15, -0.1) is 11.8 Å². The Hall–Kier alpha value is -2.54.